The Morgan fingerprint density at radius 3 is 2.56 bits per heavy atom. The van der Waals surface area contributed by atoms with Crippen LogP contribution < -0.4 is 10.1 Å². The quantitative estimate of drug-likeness (QED) is 0.462. The van der Waals surface area contributed by atoms with Gasteiger partial charge in [-0.25, -0.2) is 0 Å². The van der Waals surface area contributed by atoms with Crippen molar-refractivity contribution >= 4 is 0 Å². The molecule has 6 nitrogen and oxygen atoms in total. The van der Waals surface area contributed by atoms with Crippen LogP contribution in [0.4, 0.5) is 0 Å². The third kappa shape index (κ3) is 4.75. The minimum Gasteiger partial charge on any atom is -0.496 e. The molecule has 1 aliphatic heterocycles. The van der Waals surface area contributed by atoms with Crippen molar-refractivity contribution in [1.29, 1.82) is 0 Å². The third-order valence-electron chi connectivity index (χ3n) is 7.75. The van der Waals surface area contributed by atoms with Crippen LogP contribution in [-0.2, 0) is 12.0 Å². The molecule has 2 fully saturated rings. The van der Waals surface area contributed by atoms with Crippen LogP contribution in [0, 0.1) is 6.92 Å². The standard InChI is InChI=1S/C28H36N4O2/c1-21-8-10-23(11-9-21)28(14-5-15-28)27-30-26(34-31-27)20-29-16-19-32-17-12-22(13-18-32)24-6-3-4-7-25(24)33-2/h3-4,6-11,22,29H,5,12-20H2,1-2H3. The van der Waals surface area contributed by atoms with Gasteiger partial charge in [0.2, 0.25) is 5.89 Å². The first-order valence-corrected chi connectivity index (χ1v) is 12.6. The molecule has 3 aromatic rings. The molecule has 2 heterocycles. The first kappa shape index (κ1) is 23.1. The highest BCUT2D eigenvalue weighted by atomic mass is 16.5. The van der Waals surface area contributed by atoms with E-state index in [0.717, 1.165) is 50.6 Å². The van der Waals surface area contributed by atoms with Crippen molar-refractivity contribution in [3.8, 4) is 5.75 Å². The minimum absolute atomic E-state index is 0.0682. The minimum atomic E-state index is -0.0682. The number of nitrogens with one attached hydrogen (secondary N) is 1. The van der Waals surface area contributed by atoms with Gasteiger partial charge < -0.3 is 19.5 Å². The number of likely N-dealkylation sites (tertiary alicyclic amines) is 1. The Hall–Kier alpha value is -2.70. The van der Waals surface area contributed by atoms with Gasteiger partial charge in [0.25, 0.3) is 0 Å². The summed E-state index contributed by atoms with van der Waals surface area (Å²) in [6, 6.07) is 17.2. The maximum absolute atomic E-state index is 5.62. The summed E-state index contributed by atoms with van der Waals surface area (Å²) in [6.07, 6.45) is 5.74. The van der Waals surface area contributed by atoms with Crippen molar-refractivity contribution in [3.05, 3.63) is 76.9 Å². The van der Waals surface area contributed by atoms with E-state index in [1.165, 1.54) is 36.0 Å². The van der Waals surface area contributed by atoms with Crippen molar-refractivity contribution in [1.82, 2.24) is 20.4 Å². The van der Waals surface area contributed by atoms with Crippen LogP contribution in [-0.4, -0.2) is 48.3 Å². The molecule has 0 unspecified atom stereocenters. The summed E-state index contributed by atoms with van der Waals surface area (Å²) in [5.74, 6) is 3.14. The van der Waals surface area contributed by atoms with Crippen molar-refractivity contribution < 1.29 is 9.26 Å². The van der Waals surface area contributed by atoms with Gasteiger partial charge in [-0.2, -0.15) is 4.98 Å². The lowest BCUT2D eigenvalue weighted by atomic mass is 9.64. The number of nitrogens with zero attached hydrogens (tertiary/aromatic N) is 3. The molecule has 2 aromatic carbocycles. The number of aromatic nitrogens is 2. The van der Waals surface area contributed by atoms with E-state index in [4.69, 9.17) is 14.2 Å². The second-order valence-corrected chi connectivity index (χ2v) is 9.85. The van der Waals surface area contributed by atoms with Gasteiger partial charge in [0.15, 0.2) is 5.82 Å². The molecule has 0 radical (unpaired) electrons. The maximum atomic E-state index is 5.62. The highest BCUT2D eigenvalue weighted by Gasteiger charge is 2.44. The van der Waals surface area contributed by atoms with Crippen LogP contribution in [0.25, 0.3) is 0 Å². The van der Waals surface area contributed by atoms with E-state index in [1.54, 1.807) is 7.11 Å². The smallest absolute Gasteiger partial charge is 0.240 e. The van der Waals surface area contributed by atoms with Gasteiger partial charge in [0.1, 0.15) is 5.75 Å². The molecule has 6 heteroatoms. The monoisotopic (exact) mass is 460 g/mol. The zero-order valence-electron chi connectivity index (χ0n) is 20.4. The predicted molar refractivity (Wildman–Crippen MR) is 133 cm³/mol. The molecule has 1 saturated heterocycles. The van der Waals surface area contributed by atoms with Gasteiger partial charge in [0.05, 0.1) is 19.1 Å². The number of piperidine rings is 1. The molecule has 1 N–H and O–H groups in total. The number of para-hydroxylation sites is 1. The Bertz CT molecular complexity index is 1070. The van der Waals surface area contributed by atoms with Crippen LogP contribution in [0.1, 0.15) is 66.4 Å². The Morgan fingerprint density at radius 2 is 1.85 bits per heavy atom. The first-order valence-electron chi connectivity index (χ1n) is 12.6. The van der Waals surface area contributed by atoms with Crippen LogP contribution in [0.15, 0.2) is 53.1 Å². The van der Waals surface area contributed by atoms with Gasteiger partial charge in [0, 0.05) is 13.1 Å². The molecule has 180 valence electrons. The fourth-order valence-electron chi connectivity index (χ4n) is 5.47. The molecule has 5 rings (SSSR count). The number of benzene rings is 2. The number of ether oxygens (including phenoxy) is 1. The largest absolute Gasteiger partial charge is 0.496 e. The lowest BCUT2D eigenvalue weighted by molar-refractivity contribution is 0.210. The molecule has 0 spiro atoms. The fraction of sp³-hybridized carbons (Fsp3) is 0.500. The number of methoxy groups -OCH3 is 1. The summed E-state index contributed by atoms with van der Waals surface area (Å²) < 4.78 is 11.2. The summed E-state index contributed by atoms with van der Waals surface area (Å²) in [5, 5.41) is 7.88. The highest BCUT2D eigenvalue weighted by Crippen LogP contribution is 2.47. The van der Waals surface area contributed by atoms with E-state index in [9.17, 15) is 0 Å². The van der Waals surface area contributed by atoms with Gasteiger partial charge in [-0.15, -0.1) is 0 Å². The molecule has 0 amide bonds. The number of aryl methyl sites for hydroxylation is 1. The van der Waals surface area contributed by atoms with Gasteiger partial charge in [-0.3, -0.25) is 0 Å². The van der Waals surface area contributed by atoms with E-state index in [2.05, 4.69) is 64.8 Å². The Kier molecular flexibility index (Phi) is 6.97. The van der Waals surface area contributed by atoms with Gasteiger partial charge in [-0.1, -0.05) is 59.6 Å². The Balaban J connectivity index is 1.08. The van der Waals surface area contributed by atoms with E-state index in [1.807, 2.05) is 6.07 Å². The van der Waals surface area contributed by atoms with Crippen molar-refractivity contribution in [3.63, 3.8) is 0 Å². The molecule has 34 heavy (non-hydrogen) atoms. The zero-order valence-corrected chi connectivity index (χ0v) is 20.4. The maximum Gasteiger partial charge on any atom is 0.240 e. The molecule has 0 atom stereocenters. The number of rotatable bonds is 9. The Labute approximate surface area is 202 Å². The van der Waals surface area contributed by atoms with Crippen molar-refractivity contribution in [2.24, 2.45) is 0 Å². The average molecular weight is 461 g/mol. The molecule has 1 aliphatic carbocycles. The summed E-state index contributed by atoms with van der Waals surface area (Å²) in [7, 11) is 1.76. The van der Waals surface area contributed by atoms with E-state index < -0.39 is 0 Å². The topological polar surface area (TPSA) is 63.4 Å². The highest BCUT2D eigenvalue weighted by molar-refractivity contribution is 5.37. The average Bonchev–Trinajstić information content (AvgIpc) is 3.31. The SMILES string of the molecule is COc1ccccc1C1CCN(CCNCc2nc(C3(c4ccc(C)cc4)CCC3)no2)CC1. The van der Waals surface area contributed by atoms with Gasteiger partial charge >= 0.3 is 0 Å². The van der Waals surface area contributed by atoms with E-state index in [0.29, 0.717) is 18.4 Å². The fourth-order valence-corrected chi connectivity index (χ4v) is 5.47. The van der Waals surface area contributed by atoms with E-state index in [-0.39, 0.29) is 5.41 Å². The van der Waals surface area contributed by atoms with Crippen molar-refractivity contribution in [2.75, 3.05) is 33.3 Å². The first-order chi connectivity index (χ1) is 16.7. The molecular weight excluding hydrogens is 424 g/mol. The third-order valence-corrected chi connectivity index (χ3v) is 7.75. The lowest BCUT2D eigenvalue weighted by Crippen LogP contribution is -2.38. The summed E-state index contributed by atoms with van der Waals surface area (Å²) >= 11 is 0. The summed E-state index contributed by atoms with van der Waals surface area (Å²) in [5.41, 5.74) is 3.87. The molecule has 1 aromatic heterocycles. The van der Waals surface area contributed by atoms with Crippen LogP contribution in [0.2, 0.25) is 0 Å². The lowest BCUT2D eigenvalue weighted by Gasteiger charge is -2.39. The van der Waals surface area contributed by atoms with Gasteiger partial charge in [-0.05, 0) is 68.8 Å². The summed E-state index contributed by atoms with van der Waals surface area (Å²) in [6.45, 7) is 6.93. The summed E-state index contributed by atoms with van der Waals surface area (Å²) in [4.78, 5) is 7.32. The molecular formula is C28H36N4O2. The molecule has 1 saturated carbocycles. The predicted octanol–water partition coefficient (Wildman–Crippen LogP) is 4.83. The second kappa shape index (κ2) is 10.3. The van der Waals surface area contributed by atoms with Crippen molar-refractivity contribution in [2.45, 2.75) is 56.9 Å². The number of hydrogen-bond acceptors (Lipinski definition) is 6. The molecule has 2 aliphatic rings. The Morgan fingerprint density at radius 1 is 1.09 bits per heavy atom. The number of hydrogen-bond donors (Lipinski definition) is 1. The van der Waals surface area contributed by atoms with Crippen LogP contribution in [0.3, 0.4) is 0 Å². The van der Waals surface area contributed by atoms with Crippen LogP contribution >= 0.6 is 0 Å². The van der Waals surface area contributed by atoms with Crippen LogP contribution in [0.5, 0.6) is 5.75 Å². The molecule has 0 bridgehead atoms. The second-order valence-electron chi connectivity index (χ2n) is 9.85. The normalized spacial score (nSPS) is 18.5. The van der Waals surface area contributed by atoms with E-state index >= 15 is 0 Å². The zero-order chi connectivity index (χ0) is 23.4.